The molecule has 2 fully saturated rings. The molecule has 2 aliphatic rings. The van der Waals surface area contributed by atoms with Gasteiger partial charge in [-0.3, -0.25) is 9.78 Å². The Bertz CT molecular complexity index is 783. The van der Waals surface area contributed by atoms with Gasteiger partial charge in [0.2, 0.25) is 0 Å². The van der Waals surface area contributed by atoms with Gasteiger partial charge in [-0.2, -0.15) is 0 Å². The summed E-state index contributed by atoms with van der Waals surface area (Å²) in [5.74, 6) is -0.224. The lowest BCUT2D eigenvalue weighted by Gasteiger charge is -2.28. The second-order valence-electron chi connectivity index (χ2n) is 7.43. The van der Waals surface area contributed by atoms with Crippen LogP contribution in [-0.2, 0) is 11.3 Å². The minimum atomic E-state index is -0.449. The molecule has 26 heavy (non-hydrogen) atoms. The van der Waals surface area contributed by atoms with Crippen molar-refractivity contribution in [2.45, 2.75) is 25.9 Å². The van der Waals surface area contributed by atoms with Gasteiger partial charge in [-0.25, -0.2) is 4.39 Å². The molecule has 2 aromatic rings. The number of carbonyl (C=O) groups is 1. The van der Waals surface area contributed by atoms with Crippen LogP contribution in [0, 0.1) is 17.2 Å². The van der Waals surface area contributed by atoms with Crippen LogP contribution < -0.4 is 0 Å². The van der Waals surface area contributed by atoms with E-state index in [9.17, 15) is 9.18 Å². The smallest absolute Gasteiger partial charge is 0.256 e. The van der Waals surface area contributed by atoms with Crippen molar-refractivity contribution in [1.29, 1.82) is 0 Å². The van der Waals surface area contributed by atoms with Crippen LogP contribution in [0.4, 0.5) is 4.39 Å². The molecule has 1 aliphatic carbocycles. The minimum absolute atomic E-state index is 0.00427. The van der Waals surface area contributed by atoms with Crippen molar-refractivity contribution in [3.8, 4) is 0 Å². The van der Waals surface area contributed by atoms with E-state index in [1.54, 1.807) is 24.4 Å². The van der Waals surface area contributed by atoms with Crippen LogP contribution in [0.2, 0.25) is 0 Å². The number of hydrogen-bond donors (Lipinski definition) is 0. The first-order valence-corrected chi connectivity index (χ1v) is 9.19. The third-order valence-electron chi connectivity index (χ3n) is 5.80. The first kappa shape index (κ1) is 17.2. The maximum atomic E-state index is 14.0. The fraction of sp³-hybridized carbons (Fsp3) is 0.429. The summed E-state index contributed by atoms with van der Waals surface area (Å²) >= 11 is 0. The number of nitrogens with zero attached hydrogens (tertiary/aromatic N) is 2. The molecule has 1 saturated carbocycles. The maximum Gasteiger partial charge on any atom is 0.256 e. The SMILES string of the molecule is O=C(c1ccccc1F)N1C[C@@H]2CCC[C@]2(COCc2ccccn2)C1. The van der Waals surface area contributed by atoms with Crippen molar-refractivity contribution in [2.24, 2.45) is 11.3 Å². The van der Waals surface area contributed by atoms with E-state index in [0.29, 0.717) is 32.2 Å². The van der Waals surface area contributed by atoms with Crippen LogP contribution in [0.1, 0.15) is 35.3 Å². The summed E-state index contributed by atoms with van der Waals surface area (Å²) in [6.45, 7) is 2.44. The molecule has 5 heteroatoms. The Morgan fingerprint density at radius 2 is 2.12 bits per heavy atom. The van der Waals surface area contributed by atoms with E-state index in [4.69, 9.17) is 4.74 Å². The lowest BCUT2D eigenvalue weighted by atomic mass is 9.81. The van der Waals surface area contributed by atoms with Crippen LogP contribution in [0.25, 0.3) is 0 Å². The second-order valence-corrected chi connectivity index (χ2v) is 7.43. The molecular formula is C21H23FN2O2. The highest BCUT2D eigenvalue weighted by atomic mass is 19.1. The monoisotopic (exact) mass is 354 g/mol. The Morgan fingerprint density at radius 1 is 1.27 bits per heavy atom. The van der Waals surface area contributed by atoms with Gasteiger partial charge in [0.1, 0.15) is 5.82 Å². The van der Waals surface area contributed by atoms with Crippen molar-refractivity contribution in [3.63, 3.8) is 0 Å². The summed E-state index contributed by atoms with van der Waals surface area (Å²) in [4.78, 5) is 18.9. The average molecular weight is 354 g/mol. The predicted octanol–water partition coefficient (Wildman–Crippen LogP) is 3.68. The number of pyridine rings is 1. The zero-order chi connectivity index (χ0) is 18.0. The second kappa shape index (κ2) is 7.16. The third-order valence-corrected chi connectivity index (χ3v) is 5.80. The maximum absolute atomic E-state index is 14.0. The van der Waals surface area contributed by atoms with E-state index >= 15 is 0 Å². The number of benzene rings is 1. The van der Waals surface area contributed by atoms with Gasteiger partial charge in [-0.15, -0.1) is 0 Å². The zero-order valence-electron chi connectivity index (χ0n) is 14.7. The average Bonchev–Trinajstić information content (AvgIpc) is 3.20. The number of hydrogen-bond acceptors (Lipinski definition) is 3. The number of halogens is 1. The molecule has 4 nitrogen and oxygen atoms in total. The molecule has 0 radical (unpaired) electrons. The predicted molar refractivity (Wildman–Crippen MR) is 96.0 cm³/mol. The number of aromatic nitrogens is 1. The highest BCUT2D eigenvalue weighted by molar-refractivity contribution is 5.94. The number of carbonyl (C=O) groups excluding carboxylic acids is 1. The summed E-state index contributed by atoms with van der Waals surface area (Å²) in [7, 11) is 0. The molecule has 1 aromatic heterocycles. The van der Waals surface area contributed by atoms with Crippen LogP contribution >= 0.6 is 0 Å². The number of rotatable bonds is 5. The lowest BCUT2D eigenvalue weighted by molar-refractivity contribution is 0.0252. The van der Waals surface area contributed by atoms with E-state index < -0.39 is 5.82 Å². The fourth-order valence-electron chi connectivity index (χ4n) is 4.45. The molecule has 1 aliphatic heterocycles. The highest BCUT2D eigenvalue weighted by Crippen LogP contribution is 2.49. The van der Waals surface area contributed by atoms with Gasteiger partial charge in [-0.05, 0) is 43.0 Å². The summed E-state index contributed by atoms with van der Waals surface area (Å²) in [6, 6.07) is 12.0. The van der Waals surface area contributed by atoms with Crippen LogP contribution in [0.15, 0.2) is 48.7 Å². The topological polar surface area (TPSA) is 42.4 Å². The Morgan fingerprint density at radius 3 is 2.92 bits per heavy atom. The molecule has 4 rings (SSSR count). The Kier molecular flexibility index (Phi) is 4.72. The standard InChI is InChI=1S/C21H23FN2O2/c22-19-9-2-1-8-18(19)20(25)24-12-16-6-5-10-21(16,14-24)15-26-13-17-7-3-4-11-23-17/h1-4,7-9,11,16H,5-6,10,12-15H2/t16-,21+/m0/s1. The first-order valence-electron chi connectivity index (χ1n) is 9.19. The molecular weight excluding hydrogens is 331 g/mol. The lowest BCUT2D eigenvalue weighted by Crippen LogP contribution is -2.35. The van der Waals surface area contributed by atoms with Crippen molar-refractivity contribution in [2.75, 3.05) is 19.7 Å². The molecule has 2 heterocycles. The first-order chi connectivity index (χ1) is 12.7. The van der Waals surface area contributed by atoms with Crippen molar-refractivity contribution < 1.29 is 13.9 Å². The van der Waals surface area contributed by atoms with Gasteiger partial charge in [0, 0.05) is 24.7 Å². The summed E-state index contributed by atoms with van der Waals surface area (Å²) in [5.41, 5.74) is 1.07. The van der Waals surface area contributed by atoms with Gasteiger partial charge in [0.05, 0.1) is 24.5 Å². The number of fused-ring (bicyclic) bond motifs is 1. The summed E-state index contributed by atoms with van der Waals surface area (Å²) < 4.78 is 20.0. The molecule has 1 aromatic carbocycles. The van der Waals surface area contributed by atoms with Gasteiger partial charge < -0.3 is 9.64 Å². The summed E-state index contributed by atoms with van der Waals surface area (Å²) in [5, 5.41) is 0. The van der Waals surface area contributed by atoms with E-state index in [-0.39, 0.29) is 16.9 Å². The van der Waals surface area contributed by atoms with Crippen LogP contribution in [-0.4, -0.2) is 35.5 Å². The van der Waals surface area contributed by atoms with E-state index in [1.165, 1.54) is 12.5 Å². The third kappa shape index (κ3) is 3.23. The quantitative estimate of drug-likeness (QED) is 0.823. The molecule has 0 spiro atoms. The molecule has 0 unspecified atom stereocenters. The van der Waals surface area contributed by atoms with E-state index in [1.807, 2.05) is 23.1 Å². The van der Waals surface area contributed by atoms with Crippen molar-refractivity contribution >= 4 is 5.91 Å². The normalized spacial score (nSPS) is 24.7. The molecule has 1 amide bonds. The van der Waals surface area contributed by atoms with Gasteiger partial charge in [0.15, 0.2) is 0 Å². The van der Waals surface area contributed by atoms with E-state index in [2.05, 4.69) is 4.98 Å². The highest BCUT2D eigenvalue weighted by Gasteiger charge is 2.50. The Balaban J connectivity index is 1.43. The number of likely N-dealkylation sites (tertiary alicyclic amines) is 1. The van der Waals surface area contributed by atoms with Crippen molar-refractivity contribution in [3.05, 3.63) is 65.7 Å². The molecule has 2 atom stereocenters. The zero-order valence-corrected chi connectivity index (χ0v) is 14.7. The largest absolute Gasteiger partial charge is 0.375 e. The summed E-state index contributed by atoms with van der Waals surface area (Å²) in [6.07, 6.45) is 5.09. The molecule has 1 saturated heterocycles. The van der Waals surface area contributed by atoms with Crippen molar-refractivity contribution in [1.82, 2.24) is 9.88 Å². The molecule has 136 valence electrons. The minimum Gasteiger partial charge on any atom is -0.375 e. The van der Waals surface area contributed by atoms with Gasteiger partial charge >= 0.3 is 0 Å². The van der Waals surface area contributed by atoms with Crippen LogP contribution in [0.5, 0.6) is 0 Å². The van der Waals surface area contributed by atoms with Gasteiger partial charge in [0.25, 0.3) is 5.91 Å². The molecule has 0 N–H and O–H groups in total. The Hall–Kier alpha value is -2.27. The molecule has 0 bridgehead atoms. The fourth-order valence-corrected chi connectivity index (χ4v) is 4.45. The van der Waals surface area contributed by atoms with Crippen LogP contribution in [0.3, 0.4) is 0 Å². The number of ether oxygens (including phenoxy) is 1. The van der Waals surface area contributed by atoms with Gasteiger partial charge in [-0.1, -0.05) is 24.6 Å². The van der Waals surface area contributed by atoms with E-state index in [0.717, 1.165) is 18.5 Å². The Labute approximate surface area is 153 Å². The number of amides is 1.